The molecule has 3 atom stereocenters. The predicted octanol–water partition coefficient (Wildman–Crippen LogP) is 4.96. The zero-order valence-electron chi connectivity index (χ0n) is 24.9. The van der Waals surface area contributed by atoms with E-state index in [4.69, 9.17) is 9.47 Å². The summed E-state index contributed by atoms with van der Waals surface area (Å²) in [6, 6.07) is 6.42. The van der Waals surface area contributed by atoms with Gasteiger partial charge in [0.15, 0.2) is 5.41 Å². The number of allylic oxidation sites excluding steroid dienone is 1. The number of esters is 2. The van der Waals surface area contributed by atoms with Gasteiger partial charge in [0.2, 0.25) is 10.0 Å². The molecule has 0 aromatic heterocycles. The predicted molar refractivity (Wildman–Crippen MR) is 157 cm³/mol. The fraction of sp³-hybridized carbons (Fsp3) is 0.581. The van der Waals surface area contributed by atoms with Crippen molar-refractivity contribution in [1.29, 1.82) is 0 Å². The van der Waals surface area contributed by atoms with Gasteiger partial charge in [-0.05, 0) is 75.3 Å². The molecular formula is C31H41NO7SSi. The molecule has 5 rings (SSSR count). The molecule has 1 aromatic rings. The average Bonchev–Trinajstić information content (AvgIpc) is 3.46. The summed E-state index contributed by atoms with van der Waals surface area (Å²) in [6.45, 7) is 12.1. The first kappa shape index (κ1) is 29.9. The number of carbonyl (C=O) groups excluding carboxylic acids is 3. The second-order valence-electron chi connectivity index (χ2n) is 12.9. The zero-order valence-corrected chi connectivity index (χ0v) is 26.7. The highest BCUT2D eigenvalue weighted by Gasteiger charge is 2.60. The van der Waals surface area contributed by atoms with Gasteiger partial charge in [-0.25, -0.2) is 8.42 Å². The van der Waals surface area contributed by atoms with E-state index in [0.29, 0.717) is 12.8 Å². The van der Waals surface area contributed by atoms with Crippen LogP contribution in [0.3, 0.4) is 0 Å². The minimum atomic E-state index is -3.86. The van der Waals surface area contributed by atoms with Crippen molar-refractivity contribution < 1.29 is 32.3 Å². The molecule has 8 nitrogen and oxygen atoms in total. The topological polar surface area (TPSA) is 107 Å². The molecule has 0 radical (unpaired) electrons. The van der Waals surface area contributed by atoms with Crippen molar-refractivity contribution in [2.45, 2.75) is 89.0 Å². The lowest BCUT2D eigenvalue weighted by atomic mass is 9.75. The largest absolute Gasteiger partial charge is 0.465 e. The first-order valence-corrected chi connectivity index (χ1v) is 19.7. The molecule has 1 aliphatic heterocycles. The highest BCUT2D eigenvalue weighted by atomic mass is 32.2. The Labute approximate surface area is 244 Å². The summed E-state index contributed by atoms with van der Waals surface area (Å²) in [7, 11) is -6.05. The van der Waals surface area contributed by atoms with Crippen LogP contribution in [-0.4, -0.2) is 64.3 Å². The van der Waals surface area contributed by atoms with Crippen molar-refractivity contribution in [2.24, 2.45) is 11.3 Å². The van der Waals surface area contributed by atoms with Gasteiger partial charge in [0.1, 0.15) is 5.78 Å². The van der Waals surface area contributed by atoms with E-state index in [0.717, 1.165) is 34.3 Å². The smallest absolute Gasteiger partial charge is 0.324 e. The Kier molecular flexibility index (Phi) is 7.74. The van der Waals surface area contributed by atoms with Gasteiger partial charge >= 0.3 is 11.9 Å². The van der Waals surface area contributed by atoms with E-state index in [1.165, 1.54) is 0 Å². The Bertz CT molecular complexity index is 1430. The number of sulfonamides is 1. The third-order valence-corrected chi connectivity index (χ3v) is 13.5. The van der Waals surface area contributed by atoms with Gasteiger partial charge in [0.05, 0.1) is 26.2 Å². The van der Waals surface area contributed by atoms with E-state index in [2.05, 4.69) is 19.6 Å². The minimum absolute atomic E-state index is 0.0605. The summed E-state index contributed by atoms with van der Waals surface area (Å²) >= 11 is 0. The standard InChI is InChI=1S/C31H41NO7SSi/c1-7-38-29(34)31(30(35)39-8-2)16-22-23(17-31)28(41(4,5)6)27(33)21-10-9-11-25-26(21)24(22)18-32(25)40(36,37)20-14-12-19(3)13-15-20/h12-15,21,25,28H,7-11,16-18H2,1-6H3/t21-,25+,28?/m1/s1. The molecule has 1 aromatic carbocycles. The van der Waals surface area contributed by atoms with Gasteiger partial charge in [-0.1, -0.05) is 49.3 Å². The van der Waals surface area contributed by atoms with Crippen molar-refractivity contribution in [2.75, 3.05) is 19.8 Å². The second-order valence-corrected chi connectivity index (χ2v) is 20.1. The van der Waals surface area contributed by atoms with Crippen LogP contribution < -0.4 is 0 Å². The van der Waals surface area contributed by atoms with Crippen LogP contribution in [0.25, 0.3) is 0 Å². The molecule has 1 heterocycles. The molecule has 41 heavy (non-hydrogen) atoms. The van der Waals surface area contributed by atoms with Gasteiger partial charge in [-0.3, -0.25) is 14.4 Å². The van der Waals surface area contributed by atoms with Crippen LogP contribution in [0.5, 0.6) is 0 Å². The number of carbonyl (C=O) groups is 3. The number of rotatable bonds is 7. The van der Waals surface area contributed by atoms with Crippen molar-refractivity contribution in [3.05, 3.63) is 52.1 Å². The van der Waals surface area contributed by atoms with Crippen molar-refractivity contribution in [1.82, 2.24) is 4.31 Å². The van der Waals surface area contributed by atoms with E-state index in [-0.39, 0.29) is 54.7 Å². The zero-order chi connectivity index (χ0) is 29.9. The maximum atomic E-state index is 14.5. The number of aryl methyl sites for hydroxylation is 1. The van der Waals surface area contributed by atoms with Crippen LogP contribution in [0.1, 0.15) is 51.5 Å². The Morgan fingerprint density at radius 1 is 0.976 bits per heavy atom. The number of ether oxygens (including phenoxy) is 2. The molecule has 0 bridgehead atoms. The Morgan fingerprint density at radius 2 is 1.59 bits per heavy atom. The summed E-state index contributed by atoms with van der Waals surface area (Å²) in [5.41, 5.74) is 2.35. The first-order valence-electron chi connectivity index (χ1n) is 14.7. The lowest BCUT2D eigenvalue weighted by molar-refractivity contribution is -0.171. The fourth-order valence-electron chi connectivity index (χ4n) is 7.51. The van der Waals surface area contributed by atoms with Gasteiger partial charge in [-0.15, -0.1) is 0 Å². The van der Waals surface area contributed by atoms with Crippen molar-refractivity contribution in [3.63, 3.8) is 0 Å². The van der Waals surface area contributed by atoms with Gasteiger partial charge in [0.25, 0.3) is 0 Å². The molecule has 3 aliphatic carbocycles. The Hall–Kier alpha value is -2.56. The quantitative estimate of drug-likeness (QED) is 0.248. The number of ketones is 1. The first-order chi connectivity index (χ1) is 19.3. The number of Topliss-reactive ketones (excluding diaryl/α,β-unsaturated/α-hetero) is 1. The normalized spacial score (nSPS) is 26.0. The van der Waals surface area contributed by atoms with E-state index in [9.17, 15) is 22.8 Å². The van der Waals surface area contributed by atoms with Crippen LogP contribution in [0.2, 0.25) is 25.2 Å². The molecule has 0 saturated heterocycles. The summed E-state index contributed by atoms with van der Waals surface area (Å²) in [5, 5.41) is 0. The highest BCUT2D eigenvalue weighted by Crippen LogP contribution is 2.59. The van der Waals surface area contributed by atoms with Gasteiger partial charge < -0.3 is 9.47 Å². The monoisotopic (exact) mass is 599 g/mol. The van der Waals surface area contributed by atoms with Crippen LogP contribution in [0.15, 0.2) is 51.5 Å². The average molecular weight is 600 g/mol. The van der Waals surface area contributed by atoms with E-state index < -0.39 is 41.5 Å². The number of hydrogen-bond donors (Lipinski definition) is 0. The minimum Gasteiger partial charge on any atom is -0.465 e. The maximum absolute atomic E-state index is 14.5. The van der Waals surface area contributed by atoms with Crippen LogP contribution >= 0.6 is 0 Å². The number of nitrogens with zero attached hydrogens (tertiary/aromatic N) is 1. The van der Waals surface area contributed by atoms with Gasteiger partial charge in [-0.2, -0.15) is 4.31 Å². The summed E-state index contributed by atoms with van der Waals surface area (Å²) in [5.74, 6) is -1.52. The lowest BCUT2D eigenvalue weighted by Gasteiger charge is -2.37. The molecular weight excluding hydrogens is 558 g/mol. The van der Waals surface area contributed by atoms with Crippen molar-refractivity contribution >= 4 is 35.8 Å². The van der Waals surface area contributed by atoms with Gasteiger partial charge in [0, 0.05) is 24.0 Å². The molecule has 10 heteroatoms. The molecule has 0 N–H and O–H groups in total. The molecule has 0 spiro atoms. The molecule has 222 valence electrons. The van der Waals surface area contributed by atoms with E-state index >= 15 is 0 Å². The summed E-state index contributed by atoms with van der Waals surface area (Å²) < 4.78 is 40.5. The Morgan fingerprint density at radius 3 is 2.15 bits per heavy atom. The maximum Gasteiger partial charge on any atom is 0.324 e. The highest BCUT2D eigenvalue weighted by molar-refractivity contribution is 7.89. The molecule has 1 saturated carbocycles. The third kappa shape index (κ3) is 4.75. The third-order valence-electron chi connectivity index (χ3n) is 9.24. The lowest BCUT2D eigenvalue weighted by Crippen LogP contribution is -2.45. The second kappa shape index (κ2) is 10.6. The number of fused-ring (bicyclic) bond motifs is 1. The SMILES string of the molecule is CCOC(=O)C1(C(=O)OCC)CC2=C(C1)C([Si](C)(C)C)C(=O)[C@@H]1CCC[C@H]3C1=C2CN3S(=O)(=O)c1ccc(C)cc1. The van der Waals surface area contributed by atoms with Crippen molar-refractivity contribution in [3.8, 4) is 0 Å². The molecule has 1 unspecified atom stereocenters. The Balaban J connectivity index is 1.68. The van der Waals surface area contributed by atoms with Crippen LogP contribution in [0.4, 0.5) is 0 Å². The molecule has 1 fully saturated rings. The summed E-state index contributed by atoms with van der Waals surface area (Å²) in [4.78, 5) is 41.8. The number of hydrogen-bond acceptors (Lipinski definition) is 7. The van der Waals surface area contributed by atoms with E-state index in [1.807, 2.05) is 6.92 Å². The number of benzene rings is 1. The fourth-order valence-corrected chi connectivity index (χ4v) is 11.5. The van der Waals surface area contributed by atoms with E-state index in [1.54, 1.807) is 42.4 Å². The molecule has 0 amide bonds. The molecule has 4 aliphatic rings. The summed E-state index contributed by atoms with van der Waals surface area (Å²) in [6.07, 6.45) is 2.21. The van der Waals surface area contributed by atoms with Crippen LogP contribution in [-0.2, 0) is 33.9 Å². The van der Waals surface area contributed by atoms with Crippen LogP contribution in [0, 0.1) is 18.3 Å².